The summed E-state index contributed by atoms with van der Waals surface area (Å²) >= 11 is 0. The number of ether oxygens (including phenoxy) is 4. The molecule has 0 bridgehead atoms. The van der Waals surface area contributed by atoms with Crippen molar-refractivity contribution in [3.8, 4) is 23.0 Å². The second-order valence-electron chi connectivity index (χ2n) is 8.41. The lowest BCUT2D eigenvalue weighted by Gasteiger charge is -2.21. The number of amides is 2. The van der Waals surface area contributed by atoms with Crippen molar-refractivity contribution in [2.75, 3.05) is 34.1 Å². The van der Waals surface area contributed by atoms with Gasteiger partial charge in [-0.05, 0) is 35.9 Å². The van der Waals surface area contributed by atoms with Crippen LogP contribution in [0.25, 0.3) is 0 Å². The Morgan fingerprint density at radius 1 is 1.03 bits per heavy atom. The lowest BCUT2D eigenvalue weighted by atomic mass is 9.87. The van der Waals surface area contributed by atoms with Crippen LogP contribution in [0.15, 0.2) is 59.2 Å². The van der Waals surface area contributed by atoms with E-state index < -0.39 is 5.92 Å². The zero-order valence-electron chi connectivity index (χ0n) is 19.5. The molecule has 2 atom stereocenters. The van der Waals surface area contributed by atoms with Gasteiger partial charge in [-0.3, -0.25) is 9.59 Å². The summed E-state index contributed by atoms with van der Waals surface area (Å²) in [6, 6.07) is 14.4. The molecule has 2 aliphatic rings. The van der Waals surface area contributed by atoms with E-state index in [1.54, 1.807) is 37.3 Å². The summed E-state index contributed by atoms with van der Waals surface area (Å²) < 4.78 is 27.0. The number of carbonyl (C=O) groups is 2. The molecule has 3 aromatic rings. The summed E-state index contributed by atoms with van der Waals surface area (Å²) in [6.45, 7) is 1.12. The molecule has 1 fully saturated rings. The van der Waals surface area contributed by atoms with Gasteiger partial charge in [0.1, 0.15) is 11.5 Å². The summed E-state index contributed by atoms with van der Waals surface area (Å²) in [5.41, 5.74) is 1.73. The van der Waals surface area contributed by atoms with Gasteiger partial charge < -0.3 is 33.6 Å². The fourth-order valence-electron chi connectivity index (χ4n) is 4.60. The molecule has 2 amide bonds. The summed E-state index contributed by atoms with van der Waals surface area (Å²) in [6.07, 6.45) is 1.46. The van der Waals surface area contributed by atoms with Gasteiger partial charge in [-0.1, -0.05) is 12.1 Å². The van der Waals surface area contributed by atoms with Crippen LogP contribution in [0.5, 0.6) is 23.0 Å². The van der Waals surface area contributed by atoms with Crippen molar-refractivity contribution >= 4 is 11.8 Å². The average molecular weight is 479 g/mol. The predicted molar refractivity (Wildman–Crippen MR) is 125 cm³/mol. The van der Waals surface area contributed by atoms with Crippen LogP contribution in [0.1, 0.15) is 27.6 Å². The molecule has 3 heterocycles. The summed E-state index contributed by atoms with van der Waals surface area (Å²) in [5.74, 6) is 1.69. The summed E-state index contributed by atoms with van der Waals surface area (Å²) in [4.78, 5) is 28.1. The molecule has 0 radical (unpaired) electrons. The van der Waals surface area contributed by atoms with Gasteiger partial charge in [0.05, 0.1) is 26.4 Å². The number of likely N-dealkylation sites (tertiary alicyclic amines) is 1. The lowest BCUT2D eigenvalue weighted by molar-refractivity contribution is -0.125. The smallest absolute Gasteiger partial charge is 0.289 e. The van der Waals surface area contributed by atoms with Gasteiger partial charge in [-0.2, -0.15) is 0 Å². The fraction of sp³-hybridized carbons (Fsp3) is 0.308. The Hall–Kier alpha value is -4.14. The molecule has 1 saturated heterocycles. The van der Waals surface area contributed by atoms with Crippen LogP contribution in [-0.2, 0) is 11.3 Å². The van der Waals surface area contributed by atoms with Crippen LogP contribution in [-0.4, -0.2) is 50.8 Å². The predicted octanol–water partition coefficient (Wildman–Crippen LogP) is 3.20. The minimum absolute atomic E-state index is 0.153. The highest BCUT2D eigenvalue weighted by molar-refractivity contribution is 5.93. The molecule has 1 aromatic heterocycles. The molecule has 5 rings (SSSR count). The van der Waals surface area contributed by atoms with Gasteiger partial charge in [0, 0.05) is 37.2 Å². The third-order valence-corrected chi connectivity index (χ3v) is 6.42. The van der Waals surface area contributed by atoms with Gasteiger partial charge in [0.25, 0.3) is 5.91 Å². The molecular formula is C26H26N2O7. The van der Waals surface area contributed by atoms with Crippen molar-refractivity contribution in [2.45, 2.75) is 12.5 Å². The van der Waals surface area contributed by atoms with Crippen molar-refractivity contribution in [2.24, 2.45) is 5.92 Å². The van der Waals surface area contributed by atoms with Crippen molar-refractivity contribution in [3.63, 3.8) is 0 Å². The largest absolute Gasteiger partial charge is 0.497 e. The van der Waals surface area contributed by atoms with E-state index in [1.165, 1.54) is 6.26 Å². The molecule has 35 heavy (non-hydrogen) atoms. The summed E-state index contributed by atoms with van der Waals surface area (Å²) in [5, 5.41) is 3.02. The van der Waals surface area contributed by atoms with Gasteiger partial charge in [-0.25, -0.2) is 0 Å². The van der Waals surface area contributed by atoms with Gasteiger partial charge in [-0.15, -0.1) is 0 Å². The molecule has 0 unspecified atom stereocenters. The number of nitrogens with zero attached hydrogens (tertiary/aromatic N) is 1. The maximum absolute atomic E-state index is 13.4. The number of methoxy groups -OCH3 is 2. The average Bonchev–Trinajstić information content (AvgIpc) is 3.66. The van der Waals surface area contributed by atoms with E-state index in [2.05, 4.69) is 5.32 Å². The Morgan fingerprint density at radius 2 is 1.89 bits per heavy atom. The minimum Gasteiger partial charge on any atom is -0.497 e. The quantitative estimate of drug-likeness (QED) is 0.557. The Kier molecular flexibility index (Phi) is 6.22. The third kappa shape index (κ3) is 4.49. The van der Waals surface area contributed by atoms with E-state index in [9.17, 15) is 9.59 Å². The molecule has 2 aliphatic heterocycles. The first kappa shape index (κ1) is 22.6. The molecular weight excluding hydrogens is 452 g/mol. The van der Waals surface area contributed by atoms with Gasteiger partial charge >= 0.3 is 0 Å². The van der Waals surface area contributed by atoms with Gasteiger partial charge in [0.15, 0.2) is 17.3 Å². The number of hydrogen-bond donors (Lipinski definition) is 1. The van der Waals surface area contributed by atoms with E-state index >= 15 is 0 Å². The molecule has 0 spiro atoms. The molecule has 0 aliphatic carbocycles. The highest BCUT2D eigenvalue weighted by Crippen LogP contribution is 2.40. The SMILES string of the molecule is COc1ccc([C@H]2CN(C(=O)c3ccco3)C[C@@H]2C(=O)NCc2ccc3c(c2)OCO3)c(OC)c1. The van der Waals surface area contributed by atoms with E-state index in [4.69, 9.17) is 23.4 Å². The summed E-state index contributed by atoms with van der Waals surface area (Å²) in [7, 11) is 3.16. The first-order valence-electron chi connectivity index (χ1n) is 11.3. The standard InChI is InChI=1S/C26H26N2O7/c1-31-17-6-7-18(23(11-17)32-2)19-13-28(26(30)22-4-3-9-33-22)14-20(19)25(29)27-12-16-5-8-21-24(10-16)35-15-34-21/h3-11,19-20H,12-15H2,1-2H3,(H,27,29)/t19-,20+/m1/s1. The number of fused-ring (bicyclic) bond motifs is 1. The van der Waals surface area contributed by atoms with E-state index in [1.807, 2.05) is 30.3 Å². The number of benzene rings is 2. The third-order valence-electron chi connectivity index (χ3n) is 6.42. The first-order chi connectivity index (χ1) is 17.1. The number of rotatable bonds is 7. The monoisotopic (exact) mass is 478 g/mol. The Balaban J connectivity index is 1.38. The number of furan rings is 1. The highest BCUT2D eigenvalue weighted by Gasteiger charge is 2.42. The first-order valence-corrected chi connectivity index (χ1v) is 11.3. The normalized spacial score (nSPS) is 18.4. The minimum atomic E-state index is -0.481. The number of carbonyl (C=O) groups excluding carboxylic acids is 2. The van der Waals surface area contributed by atoms with Crippen molar-refractivity contribution in [1.29, 1.82) is 0 Å². The number of nitrogens with one attached hydrogen (secondary N) is 1. The molecule has 0 saturated carbocycles. The lowest BCUT2D eigenvalue weighted by Crippen LogP contribution is -2.35. The molecule has 9 nitrogen and oxygen atoms in total. The Morgan fingerprint density at radius 3 is 2.66 bits per heavy atom. The van der Waals surface area contributed by atoms with Crippen LogP contribution < -0.4 is 24.3 Å². The van der Waals surface area contributed by atoms with E-state index in [-0.39, 0.29) is 36.8 Å². The van der Waals surface area contributed by atoms with E-state index in [0.717, 1.165) is 11.1 Å². The topological polar surface area (TPSA) is 99.5 Å². The van der Waals surface area contributed by atoms with Crippen LogP contribution in [0, 0.1) is 5.92 Å². The maximum atomic E-state index is 13.4. The fourth-order valence-corrected chi connectivity index (χ4v) is 4.60. The zero-order valence-corrected chi connectivity index (χ0v) is 19.5. The molecule has 1 N–H and O–H groups in total. The zero-order chi connectivity index (χ0) is 24.4. The van der Waals surface area contributed by atoms with Gasteiger partial charge in [0.2, 0.25) is 12.7 Å². The Bertz CT molecular complexity index is 1220. The Labute approximate surface area is 202 Å². The van der Waals surface area contributed by atoms with Crippen LogP contribution in [0.3, 0.4) is 0 Å². The molecule has 2 aromatic carbocycles. The number of hydrogen-bond acceptors (Lipinski definition) is 7. The highest BCUT2D eigenvalue weighted by atomic mass is 16.7. The van der Waals surface area contributed by atoms with Crippen molar-refractivity contribution < 1.29 is 33.0 Å². The van der Waals surface area contributed by atoms with E-state index in [0.29, 0.717) is 36.1 Å². The molecule has 182 valence electrons. The second kappa shape index (κ2) is 9.61. The van der Waals surface area contributed by atoms with Crippen LogP contribution in [0.2, 0.25) is 0 Å². The second-order valence-corrected chi connectivity index (χ2v) is 8.41. The van der Waals surface area contributed by atoms with Crippen molar-refractivity contribution in [1.82, 2.24) is 10.2 Å². The van der Waals surface area contributed by atoms with Crippen LogP contribution >= 0.6 is 0 Å². The maximum Gasteiger partial charge on any atom is 0.289 e. The molecule has 9 heteroatoms. The van der Waals surface area contributed by atoms with Crippen molar-refractivity contribution in [3.05, 3.63) is 71.7 Å². The van der Waals surface area contributed by atoms with Crippen LogP contribution in [0.4, 0.5) is 0 Å².